The summed E-state index contributed by atoms with van der Waals surface area (Å²) < 4.78 is 136. The van der Waals surface area contributed by atoms with E-state index in [4.69, 9.17) is 0 Å². The molecule has 296 valence electrons. The largest absolute Gasteiger partial charge is 0.326 e. The van der Waals surface area contributed by atoms with Crippen LogP contribution in [0.5, 0.6) is 0 Å². The Balaban J connectivity index is 1.60. The summed E-state index contributed by atoms with van der Waals surface area (Å²) in [5.41, 5.74) is -0.989. The standard InChI is InChI=1S/C33H30N4O15S4/c1-19(38)34-25-11-7-21(29(15-25)53(41,42)43)3-5-23-9-13-27(17-31(23)55(47,48)49)36-33(40)37-28-14-10-24(32(18-28)56(50,51)52)6-4-22-8-12-26(35-20(2)39)16-30(22)54(44,45)46/h3-18H,1-2H3,(H,34,38)(H,35,39)(H2,36,37,40)(H,41,42,43)(H,44,45,46)(H,47,48,49)(H,50,51,52)/b5-3-,6-4+. The van der Waals surface area contributed by atoms with Crippen molar-refractivity contribution in [1.82, 2.24) is 0 Å². The van der Waals surface area contributed by atoms with Crippen LogP contribution >= 0.6 is 0 Å². The molecule has 0 radical (unpaired) electrons. The maximum Gasteiger partial charge on any atom is 0.323 e. The summed E-state index contributed by atoms with van der Waals surface area (Å²) in [6.45, 7) is 2.35. The average Bonchev–Trinajstić information content (AvgIpc) is 3.05. The van der Waals surface area contributed by atoms with E-state index in [9.17, 15) is 66.3 Å². The Morgan fingerprint density at radius 2 is 0.625 bits per heavy atom. The molecule has 8 N–H and O–H groups in total. The molecule has 0 aliphatic rings. The molecule has 0 aliphatic heterocycles. The minimum atomic E-state index is -4.99. The Labute approximate surface area is 320 Å². The third-order valence-corrected chi connectivity index (χ3v) is 10.8. The molecule has 56 heavy (non-hydrogen) atoms. The lowest BCUT2D eigenvalue weighted by molar-refractivity contribution is -0.115. The van der Waals surface area contributed by atoms with Gasteiger partial charge in [-0.25, -0.2) is 4.79 Å². The van der Waals surface area contributed by atoms with Gasteiger partial charge in [-0.2, -0.15) is 33.7 Å². The van der Waals surface area contributed by atoms with Crippen molar-refractivity contribution in [1.29, 1.82) is 0 Å². The molecule has 4 aromatic carbocycles. The van der Waals surface area contributed by atoms with E-state index >= 15 is 0 Å². The van der Waals surface area contributed by atoms with Gasteiger partial charge in [0.25, 0.3) is 40.5 Å². The molecule has 0 saturated carbocycles. The zero-order chi connectivity index (χ0) is 41.8. The number of amides is 4. The molecule has 0 atom stereocenters. The number of carbonyl (C=O) groups excluding carboxylic acids is 3. The summed E-state index contributed by atoms with van der Waals surface area (Å²) in [6.07, 6.45) is 4.39. The monoisotopic (exact) mass is 850 g/mol. The van der Waals surface area contributed by atoms with Gasteiger partial charge in [-0.15, -0.1) is 0 Å². The molecule has 0 bridgehead atoms. The van der Waals surface area contributed by atoms with E-state index in [1.807, 2.05) is 0 Å². The van der Waals surface area contributed by atoms with E-state index in [1.165, 1.54) is 50.2 Å². The van der Waals surface area contributed by atoms with Crippen LogP contribution in [-0.2, 0) is 50.1 Å². The van der Waals surface area contributed by atoms with Crippen LogP contribution in [0.2, 0.25) is 0 Å². The normalized spacial score (nSPS) is 12.4. The lowest BCUT2D eigenvalue weighted by Gasteiger charge is -2.12. The zero-order valence-corrected chi connectivity index (χ0v) is 31.9. The molecular formula is C33H30N4O15S4. The van der Waals surface area contributed by atoms with Crippen LogP contribution in [0.4, 0.5) is 27.5 Å². The number of rotatable bonds is 12. The molecule has 4 amide bonds. The fourth-order valence-corrected chi connectivity index (χ4v) is 7.79. The highest BCUT2D eigenvalue weighted by Gasteiger charge is 2.20. The Morgan fingerprint density at radius 3 is 0.821 bits per heavy atom. The highest BCUT2D eigenvalue weighted by Crippen LogP contribution is 2.28. The molecule has 0 spiro atoms. The molecule has 0 saturated heterocycles. The predicted octanol–water partition coefficient (Wildman–Crippen LogP) is 4.58. The van der Waals surface area contributed by atoms with E-state index in [0.29, 0.717) is 0 Å². The van der Waals surface area contributed by atoms with Gasteiger partial charge in [0, 0.05) is 36.6 Å². The Bertz CT molecular complexity index is 2590. The Morgan fingerprint density at radius 1 is 0.411 bits per heavy atom. The summed E-state index contributed by atoms with van der Waals surface area (Å²) in [5, 5.41) is 9.27. The Kier molecular flexibility index (Phi) is 12.7. The van der Waals surface area contributed by atoms with Crippen molar-refractivity contribution in [3.05, 3.63) is 95.1 Å². The predicted molar refractivity (Wildman–Crippen MR) is 204 cm³/mol. The van der Waals surface area contributed by atoms with Gasteiger partial charge in [-0.3, -0.25) is 27.8 Å². The summed E-state index contributed by atoms with van der Waals surface area (Å²) >= 11 is 0. The number of urea groups is 1. The first-order chi connectivity index (χ1) is 25.8. The van der Waals surface area contributed by atoms with Crippen LogP contribution in [0, 0.1) is 0 Å². The minimum absolute atomic E-state index is 0.0385. The Hall–Kier alpha value is -5.79. The van der Waals surface area contributed by atoms with Gasteiger partial charge in [0.15, 0.2) is 0 Å². The van der Waals surface area contributed by atoms with E-state index < -0.39 is 77.9 Å². The van der Waals surface area contributed by atoms with Crippen LogP contribution in [0.1, 0.15) is 36.1 Å². The van der Waals surface area contributed by atoms with Crippen LogP contribution in [-0.4, -0.2) is 69.7 Å². The second-order valence-electron chi connectivity index (χ2n) is 11.5. The second kappa shape index (κ2) is 16.5. The van der Waals surface area contributed by atoms with E-state index in [0.717, 1.165) is 60.7 Å². The summed E-state index contributed by atoms with van der Waals surface area (Å²) in [7, 11) is -19.6. The van der Waals surface area contributed by atoms with Gasteiger partial charge in [-0.05, 0) is 70.8 Å². The minimum Gasteiger partial charge on any atom is -0.326 e. The SMILES string of the molecule is CC(=O)Nc1ccc(/C=C\c2ccc(NC(=O)Nc3ccc(/C=C/c4ccc(NC(C)=O)cc4S(=O)(=O)O)c(S(=O)(=O)O)c3)cc2S(=O)(=O)O)c(S(=O)(=O)O)c1. The number of nitrogens with one attached hydrogen (secondary N) is 4. The molecule has 23 heteroatoms. The van der Waals surface area contributed by atoms with Crippen molar-refractivity contribution < 1.29 is 66.3 Å². The third-order valence-electron chi connectivity index (χ3n) is 7.21. The van der Waals surface area contributed by atoms with Crippen molar-refractivity contribution in [3.63, 3.8) is 0 Å². The maximum atomic E-state index is 12.9. The average molecular weight is 851 g/mol. The van der Waals surface area contributed by atoms with Gasteiger partial charge in [-0.1, -0.05) is 48.6 Å². The number of hydrogen-bond acceptors (Lipinski definition) is 11. The molecule has 0 aliphatic carbocycles. The fourth-order valence-electron chi connectivity index (χ4n) is 4.95. The number of carbonyl (C=O) groups is 3. The van der Waals surface area contributed by atoms with Crippen molar-refractivity contribution in [2.45, 2.75) is 33.4 Å². The molecule has 19 nitrogen and oxygen atoms in total. The first-order valence-electron chi connectivity index (χ1n) is 15.3. The highest BCUT2D eigenvalue weighted by atomic mass is 32.2. The fraction of sp³-hybridized carbons (Fsp3) is 0.0606. The van der Waals surface area contributed by atoms with Crippen LogP contribution < -0.4 is 21.3 Å². The maximum absolute atomic E-state index is 12.9. The lowest BCUT2D eigenvalue weighted by Crippen LogP contribution is -2.20. The number of benzene rings is 4. The lowest BCUT2D eigenvalue weighted by atomic mass is 10.1. The zero-order valence-electron chi connectivity index (χ0n) is 28.7. The van der Waals surface area contributed by atoms with Gasteiger partial charge >= 0.3 is 6.03 Å². The van der Waals surface area contributed by atoms with Crippen molar-refractivity contribution in [2.24, 2.45) is 0 Å². The molecule has 0 aromatic heterocycles. The van der Waals surface area contributed by atoms with Gasteiger partial charge < -0.3 is 21.3 Å². The third kappa shape index (κ3) is 11.6. The van der Waals surface area contributed by atoms with E-state index in [1.54, 1.807) is 0 Å². The molecule has 0 unspecified atom stereocenters. The first-order valence-corrected chi connectivity index (χ1v) is 21.0. The summed E-state index contributed by atoms with van der Waals surface area (Å²) in [6, 6.07) is 12.3. The second-order valence-corrected chi connectivity index (χ2v) is 17.1. The highest BCUT2D eigenvalue weighted by molar-refractivity contribution is 7.86. The molecule has 0 fully saturated rings. The molecule has 4 rings (SSSR count). The number of anilines is 4. The van der Waals surface area contributed by atoms with Gasteiger partial charge in [0.1, 0.15) is 19.6 Å². The van der Waals surface area contributed by atoms with Crippen LogP contribution in [0.15, 0.2) is 92.4 Å². The summed E-state index contributed by atoms with van der Waals surface area (Å²) in [5.74, 6) is -1.05. The topological polar surface area (TPSA) is 317 Å². The van der Waals surface area contributed by atoms with Crippen molar-refractivity contribution in [3.8, 4) is 0 Å². The van der Waals surface area contributed by atoms with Crippen molar-refractivity contribution in [2.75, 3.05) is 21.3 Å². The van der Waals surface area contributed by atoms with E-state index in [2.05, 4.69) is 21.3 Å². The van der Waals surface area contributed by atoms with Crippen LogP contribution in [0.25, 0.3) is 24.3 Å². The van der Waals surface area contributed by atoms with Crippen LogP contribution in [0.3, 0.4) is 0 Å². The van der Waals surface area contributed by atoms with Gasteiger partial charge in [0.2, 0.25) is 11.8 Å². The summed E-state index contributed by atoms with van der Waals surface area (Å²) in [4.78, 5) is 32.8. The molecular weight excluding hydrogens is 821 g/mol. The van der Waals surface area contributed by atoms with Gasteiger partial charge in [0.05, 0.1) is 0 Å². The quantitative estimate of drug-likeness (QED) is 0.0715. The molecule has 0 heterocycles. The number of hydrogen-bond donors (Lipinski definition) is 8. The van der Waals surface area contributed by atoms with E-state index in [-0.39, 0.29) is 45.0 Å². The van der Waals surface area contributed by atoms with Crippen molar-refractivity contribution >= 4 is 105 Å². The smallest absolute Gasteiger partial charge is 0.323 e. The molecule has 4 aromatic rings. The first kappa shape index (κ1) is 42.9.